The van der Waals surface area contributed by atoms with E-state index in [0.29, 0.717) is 12.0 Å². The quantitative estimate of drug-likeness (QED) is 0.703. The van der Waals surface area contributed by atoms with Gasteiger partial charge in [0, 0.05) is 41.9 Å². The molecule has 1 fully saturated rings. The highest BCUT2D eigenvalue weighted by molar-refractivity contribution is 9.10. The van der Waals surface area contributed by atoms with E-state index in [0.717, 1.165) is 53.0 Å². The first-order valence-corrected chi connectivity index (χ1v) is 10.8. The third-order valence-corrected chi connectivity index (χ3v) is 6.59. The van der Waals surface area contributed by atoms with Gasteiger partial charge in [0.05, 0.1) is 12.5 Å². The third kappa shape index (κ3) is 3.83. The molecule has 2 aliphatic rings. The molecular weight excluding hydrogens is 430 g/mol. The predicted molar refractivity (Wildman–Crippen MR) is 118 cm³/mol. The summed E-state index contributed by atoms with van der Waals surface area (Å²) in [4.78, 5) is 32.5. The van der Waals surface area contributed by atoms with Gasteiger partial charge in [-0.3, -0.25) is 9.59 Å². The fourth-order valence-corrected chi connectivity index (χ4v) is 4.57. The molecule has 1 saturated heterocycles. The molecule has 0 saturated carbocycles. The maximum absolute atomic E-state index is 13.4. The average Bonchev–Trinajstić information content (AvgIpc) is 2.94. The van der Waals surface area contributed by atoms with Crippen LogP contribution in [0.15, 0.2) is 40.9 Å². The van der Waals surface area contributed by atoms with Crippen LogP contribution in [-0.4, -0.2) is 54.8 Å². The lowest BCUT2D eigenvalue weighted by Gasteiger charge is -2.34. The molecule has 2 amide bonds. The molecule has 152 valence electrons. The summed E-state index contributed by atoms with van der Waals surface area (Å²) in [5.74, 6) is 0.0827. The lowest BCUT2D eigenvalue weighted by atomic mass is 9.96. The van der Waals surface area contributed by atoms with Crippen molar-refractivity contribution in [1.29, 1.82) is 0 Å². The van der Waals surface area contributed by atoms with Crippen LogP contribution in [0.2, 0.25) is 0 Å². The number of nitrogens with zero attached hydrogens (tertiary/aromatic N) is 3. The summed E-state index contributed by atoms with van der Waals surface area (Å²) in [6.07, 6.45) is 0.303. The number of fused-ring (bicyclic) bond motifs is 1. The van der Waals surface area contributed by atoms with E-state index in [9.17, 15) is 9.59 Å². The minimum Gasteiger partial charge on any atom is -0.340 e. The average molecular weight is 456 g/mol. The lowest BCUT2D eigenvalue weighted by Crippen LogP contribution is -2.47. The first-order chi connectivity index (χ1) is 13.8. The number of hydrogen-bond donors (Lipinski definition) is 0. The number of carbonyl (C=O) groups excluding carboxylic acids is 2. The zero-order valence-corrected chi connectivity index (χ0v) is 18.7. The van der Waals surface area contributed by atoms with Crippen LogP contribution in [0.1, 0.15) is 39.5 Å². The van der Waals surface area contributed by atoms with E-state index >= 15 is 0 Å². The van der Waals surface area contributed by atoms with Gasteiger partial charge in [-0.15, -0.1) is 0 Å². The molecular formula is C23H26BrN3O2. The summed E-state index contributed by atoms with van der Waals surface area (Å²) in [5, 5.41) is 0. The first-order valence-electron chi connectivity index (χ1n) is 10.0. The Morgan fingerprint density at radius 2 is 1.76 bits per heavy atom. The Labute approximate surface area is 180 Å². The zero-order valence-electron chi connectivity index (χ0n) is 17.1. The second-order valence-electron chi connectivity index (χ2n) is 8.08. The largest absolute Gasteiger partial charge is 0.340 e. The van der Waals surface area contributed by atoms with Crippen LogP contribution >= 0.6 is 15.9 Å². The number of anilines is 1. The minimum absolute atomic E-state index is 0.0302. The molecule has 0 bridgehead atoms. The Kier molecular flexibility index (Phi) is 5.49. The smallest absolute Gasteiger partial charge is 0.259 e. The molecule has 0 aliphatic carbocycles. The highest BCUT2D eigenvalue weighted by Gasteiger charge is 2.40. The number of carbonyl (C=O) groups is 2. The number of benzene rings is 2. The van der Waals surface area contributed by atoms with Gasteiger partial charge in [-0.05, 0) is 61.9 Å². The number of aryl methyl sites for hydroxylation is 2. The summed E-state index contributed by atoms with van der Waals surface area (Å²) in [6, 6.07) is 11.5. The third-order valence-electron chi connectivity index (χ3n) is 6.10. The first kappa shape index (κ1) is 20.1. The van der Waals surface area contributed by atoms with Gasteiger partial charge in [-0.25, -0.2) is 0 Å². The van der Waals surface area contributed by atoms with Crippen molar-refractivity contribution in [2.75, 3.05) is 38.1 Å². The highest BCUT2D eigenvalue weighted by atomic mass is 79.9. The maximum Gasteiger partial charge on any atom is 0.259 e. The molecule has 2 aromatic rings. The molecule has 29 heavy (non-hydrogen) atoms. The van der Waals surface area contributed by atoms with Crippen LogP contribution in [0.5, 0.6) is 0 Å². The fraction of sp³-hybridized carbons (Fsp3) is 0.391. The molecule has 0 spiro atoms. The highest BCUT2D eigenvalue weighted by Crippen LogP contribution is 2.41. The second-order valence-corrected chi connectivity index (χ2v) is 9.00. The molecule has 1 atom stereocenters. The molecule has 0 radical (unpaired) electrons. The van der Waals surface area contributed by atoms with E-state index in [4.69, 9.17) is 0 Å². The van der Waals surface area contributed by atoms with E-state index in [-0.39, 0.29) is 17.9 Å². The normalized spacial score (nSPS) is 19.6. The van der Waals surface area contributed by atoms with Crippen LogP contribution < -0.4 is 4.90 Å². The van der Waals surface area contributed by atoms with Crippen molar-refractivity contribution >= 4 is 33.4 Å². The molecule has 0 N–H and O–H groups in total. The van der Waals surface area contributed by atoms with Gasteiger partial charge in [0.15, 0.2) is 0 Å². The van der Waals surface area contributed by atoms with Crippen LogP contribution in [0, 0.1) is 13.8 Å². The van der Waals surface area contributed by atoms with Crippen LogP contribution in [0.25, 0.3) is 0 Å². The Hall–Kier alpha value is -2.18. The molecule has 0 aromatic heterocycles. The molecule has 2 heterocycles. The summed E-state index contributed by atoms with van der Waals surface area (Å²) in [6.45, 7) is 7.34. The lowest BCUT2D eigenvalue weighted by molar-refractivity contribution is -0.133. The van der Waals surface area contributed by atoms with Gasteiger partial charge in [0.1, 0.15) is 0 Å². The molecule has 2 aromatic carbocycles. The van der Waals surface area contributed by atoms with Crippen LogP contribution in [-0.2, 0) is 4.79 Å². The molecule has 1 unspecified atom stereocenters. The van der Waals surface area contributed by atoms with E-state index in [1.165, 1.54) is 0 Å². The van der Waals surface area contributed by atoms with E-state index in [1.54, 1.807) is 4.90 Å². The van der Waals surface area contributed by atoms with Crippen molar-refractivity contribution < 1.29 is 9.59 Å². The zero-order chi connectivity index (χ0) is 20.7. The van der Waals surface area contributed by atoms with Gasteiger partial charge in [0.2, 0.25) is 5.91 Å². The van der Waals surface area contributed by atoms with Gasteiger partial charge in [-0.2, -0.15) is 0 Å². The fourth-order valence-electron chi connectivity index (χ4n) is 4.18. The number of piperazine rings is 1. The van der Waals surface area contributed by atoms with E-state index in [1.807, 2.05) is 42.2 Å². The summed E-state index contributed by atoms with van der Waals surface area (Å²) >= 11 is 3.51. The Morgan fingerprint density at radius 3 is 2.45 bits per heavy atom. The monoisotopic (exact) mass is 455 g/mol. The van der Waals surface area contributed by atoms with Crippen molar-refractivity contribution in [3.8, 4) is 0 Å². The SMILES string of the molecule is Cc1cc2c(cc1C)C(CC(=O)N1CCN(C)CC1)N(c1cccc(Br)c1)C2=O. The molecule has 5 nitrogen and oxygen atoms in total. The van der Waals surface area contributed by atoms with Crippen LogP contribution in [0.4, 0.5) is 5.69 Å². The molecule has 4 rings (SSSR count). The summed E-state index contributed by atoms with van der Waals surface area (Å²) in [5.41, 5.74) is 4.72. The Morgan fingerprint density at radius 1 is 1.07 bits per heavy atom. The molecule has 2 aliphatic heterocycles. The Bertz CT molecular complexity index is 967. The molecule has 6 heteroatoms. The van der Waals surface area contributed by atoms with Gasteiger partial charge < -0.3 is 14.7 Å². The van der Waals surface area contributed by atoms with E-state index < -0.39 is 0 Å². The standard InChI is InChI=1S/C23H26BrN3O2/c1-15-11-19-20(12-16(15)2)23(29)27(18-6-4-5-17(24)13-18)21(19)14-22(28)26-9-7-25(3)8-10-26/h4-6,11-13,21H,7-10,14H2,1-3H3. The van der Waals surface area contributed by atoms with E-state index in [2.05, 4.69) is 40.9 Å². The number of likely N-dealkylation sites (N-methyl/N-ethyl adjacent to an activating group) is 1. The van der Waals surface area contributed by atoms with Crippen molar-refractivity contribution in [3.63, 3.8) is 0 Å². The Balaban J connectivity index is 1.70. The van der Waals surface area contributed by atoms with Crippen molar-refractivity contribution in [3.05, 3.63) is 63.1 Å². The van der Waals surface area contributed by atoms with Crippen LogP contribution in [0.3, 0.4) is 0 Å². The number of hydrogen-bond acceptors (Lipinski definition) is 3. The number of amides is 2. The van der Waals surface area contributed by atoms with Gasteiger partial charge in [0.25, 0.3) is 5.91 Å². The van der Waals surface area contributed by atoms with Gasteiger partial charge in [-0.1, -0.05) is 28.1 Å². The predicted octanol–water partition coefficient (Wildman–Crippen LogP) is 3.93. The topological polar surface area (TPSA) is 43.9 Å². The number of halogens is 1. The second kappa shape index (κ2) is 7.92. The van der Waals surface area contributed by atoms with Crippen molar-refractivity contribution in [2.24, 2.45) is 0 Å². The van der Waals surface area contributed by atoms with Crippen molar-refractivity contribution in [2.45, 2.75) is 26.3 Å². The van der Waals surface area contributed by atoms with Gasteiger partial charge >= 0.3 is 0 Å². The summed E-state index contributed by atoms with van der Waals surface area (Å²) < 4.78 is 0.912. The minimum atomic E-state index is -0.279. The maximum atomic E-state index is 13.4. The van der Waals surface area contributed by atoms with Crippen molar-refractivity contribution in [1.82, 2.24) is 9.80 Å². The summed E-state index contributed by atoms with van der Waals surface area (Å²) in [7, 11) is 2.08. The number of rotatable bonds is 3.